The van der Waals surface area contributed by atoms with Crippen molar-refractivity contribution >= 4 is 0 Å². The molecule has 55 valence electrons. The summed E-state index contributed by atoms with van der Waals surface area (Å²) < 4.78 is 0. The van der Waals surface area contributed by atoms with Crippen LogP contribution in [0.4, 0.5) is 0 Å². The van der Waals surface area contributed by atoms with Crippen molar-refractivity contribution in [2.45, 2.75) is 13.3 Å². The summed E-state index contributed by atoms with van der Waals surface area (Å²) in [6, 6.07) is 6.46. The molecular formula is C11H11. The molecule has 0 bridgehead atoms. The zero-order valence-electron chi connectivity index (χ0n) is 6.67. The first kappa shape index (κ1) is 6.66. The van der Waals surface area contributed by atoms with E-state index in [0.29, 0.717) is 0 Å². The van der Waals surface area contributed by atoms with Gasteiger partial charge in [0, 0.05) is 6.42 Å². The molecule has 1 radical (unpaired) electrons. The lowest BCUT2D eigenvalue weighted by molar-refractivity contribution is 1.15. The lowest BCUT2D eigenvalue weighted by Gasteiger charge is -2.12. The van der Waals surface area contributed by atoms with Crippen LogP contribution in [-0.2, 0) is 6.42 Å². The van der Waals surface area contributed by atoms with Crippen LogP contribution < -0.4 is 0 Å². The predicted molar refractivity (Wildman–Crippen MR) is 47.4 cm³/mol. The van der Waals surface area contributed by atoms with E-state index in [4.69, 9.17) is 0 Å². The summed E-state index contributed by atoms with van der Waals surface area (Å²) in [5.41, 5.74) is 4.27. The van der Waals surface area contributed by atoms with Gasteiger partial charge >= 0.3 is 0 Å². The quantitative estimate of drug-likeness (QED) is 0.523. The van der Waals surface area contributed by atoms with Crippen LogP contribution in [0, 0.1) is 13.3 Å². The average Bonchev–Trinajstić information content (AvgIpc) is 2.06. The van der Waals surface area contributed by atoms with E-state index >= 15 is 0 Å². The zero-order valence-corrected chi connectivity index (χ0v) is 6.67. The van der Waals surface area contributed by atoms with E-state index in [2.05, 4.69) is 43.7 Å². The summed E-state index contributed by atoms with van der Waals surface area (Å²) in [7, 11) is 0. The molecule has 0 heterocycles. The molecule has 1 aromatic carbocycles. The molecule has 1 aliphatic rings. The number of hydrogen-bond acceptors (Lipinski definition) is 0. The molecule has 0 N–H and O–H groups in total. The van der Waals surface area contributed by atoms with Gasteiger partial charge in [0.25, 0.3) is 0 Å². The molecule has 0 saturated heterocycles. The Morgan fingerprint density at radius 3 is 3.00 bits per heavy atom. The maximum atomic E-state index is 2.20. The van der Waals surface area contributed by atoms with Crippen LogP contribution in [0.5, 0.6) is 0 Å². The second-order valence-corrected chi connectivity index (χ2v) is 2.94. The molecule has 0 nitrogen and oxygen atoms in total. The van der Waals surface area contributed by atoms with Crippen LogP contribution >= 0.6 is 0 Å². The number of allylic oxidation sites excluding steroid dienone is 2. The summed E-state index contributed by atoms with van der Waals surface area (Å²) in [5, 5.41) is 0. The minimum absolute atomic E-state index is 1.10. The highest BCUT2D eigenvalue weighted by Gasteiger charge is 2.05. The predicted octanol–water partition coefficient (Wildman–Crippen LogP) is 2.66. The first-order valence-electron chi connectivity index (χ1n) is 3.96. The Bertz CT molecular complexity index is 295. The third-order valence-electron chi connectivity index (χ3n) is 2.18. The molecule has 0 aliphatic heterocycles. The van der Waals surface area contributed by atoms with E-state index < -0.39 is 0 Å². The van der Waals surface area contributed by atoms with Gasteiger partial charge in [-0.1, -0.05) is 30.4 Å². The lowest BCUT2D eigenvalue weighted by Crippen LogP contribution is -1.97. The molecule has 0 heteroatoms. The maximum absolute atomic E-state index is 2.20. The van der Waals surface area contributed by atoms with Crippen LogP contribution in [0.25, 0.3) is 0 Å². The van der Waals surface area contributed by atoms with E-state index in [9.17, 15) is 0 Å². The van der Waals surface area contributed by atoms with Crippen LogP contribution in [0.3, 0.4) is 0 Å². The van der Waals surface area contributed by atoms with Crippen LogP contribution in [0.15, 0.2) is 30.4 Å². The zero-order chi connectivity index (χ0) is 7.68. The molecule has 11 heavy (non-hydrogen) atoms. The maximum Gasteiger partial charge on any atom is 0.0125 e. The van der Waals surface area contributed by atoms with E-state index in [1.807, 2.05) is 0 Å². The Balaban J connectivity index is 2.54. The van der Waals surface area contributed by atoms with Crippen molar-refractivity contribution in [1.82, 2.24) is 0 Å². The van der Waals surface area contributed by atoms with Gasteiger partial charge in [-0.25, -0.2) is 0 Å². The van der Waals surface area contributed by atoms with E-state index in [-0.39, 0.29) is 0 Å². The number of aryl methyl sites for hydroxylation is 1. The van der Waals surface area contributed by atoms with Gasteiger partial charge in [-0.3, -0.25) is 0 Å². The van der Waals surface area contributed by atoms with Crippen molar-refractivity contribution in [3.8, 4) is 0 Å². The third-order valence-corrected chi connectivity index (χ3v) is 2.18. The third kappa shape index (κ3) is 1.09. The summed E-state index contributed by atoms with van der Waals surface area (Å²) in [4.78, 5) is 0. The van der Waals surface area contributed by atoms with Crippen molar-refractivity contribution in [2.24, 2.45) is 0 Å². The van der Waals surface area contributed by atoms with Crippen molar-refractivity contribution in [3.05, 3.63) is 53.5 Å². The molecule has 1 aliphatic carbocycles. The number of fused-ring (bicyclic) bond motifs is 1. The Hall–Kier alpha value is -1.04. The molecule has 0 spiro atoms. The van der Waals surface area contributed by atoms with Gasteiger partial charge in [-0.05, 0) is 30.0 Å². The molecule has 0 atom stereocenters. The fraction of sp³-hybridized carbons (Fsp3) is 0.182. The normalized spacial score (nSPS) is 14.6. The van der Waals surface area contributed by atoms with Crippen molar-refractivity contribution in [2.75, 3.05) is 0 Å². The highest BCUT2D eigenvalue weighted by molar-refractivity contribution is 5.45. The van der Waals surface area contributed by atoms with Gasteiger partial charge < -0.3 is 0 Å². The minimum atomic E-state index is 1.10. The van der Waals surface area contributed by atoms with Gasteiger partial charge in [-0.2, -0.15) is 0 Å². The second-order valence-electron chi connectivity index (χ2n) is 2.94. The van der Waals surface area contributed by atoms with Crippen LogP contribution in [0.1, 0.15) is 16.7 Å². The smallest absolute Gasteiger partial charge is 0.0125 e. The highest BCUT2D eigenvalue weighted by atomic mass is 14.1. The first-order valence-corrected chi connectivity index (χ1v) is 3.96. The van der Waals surface area contributed by atoms with Crippen molar-refractivity contribution in [1.29, 1.82) is 0 Å². The average molecular weight is 143 g/mol. The SMILES string of the molecule is Cc1cccc2c1CC=C[CH]2. The van der Waals surface area contributed by atoms with Gasteiger partial charge in [0.15, 0.2) is 0 Å². The Morgan fingerprint density at radius 2 is 2.18 bits per heavy atom. The van der Waals surface area contributed by atoms with Gasteiger partial charge in [0.05, 0.1) is 0 Å². The largest absolute Gasteiger partial charge is 0.0835 e. The van der Waals surface area contributed by atoms with Crippen molar-refractivity contribution in [3.63, 3.8) is 0 Å². The summed E-state index contributed by atoms with van der Waals surface area (Å²) in [6.07, 6.45) is 7.60. The Kier molecular flexibility index (Phi) is 1.54. The fourth-order valence-corrected chi connectivity index (χ4v) is 1.52. The van der Waals surface area contributed by atoms with Gasteiger partial charge in [-0.15, -0.1) is 0 Å². The second kappa shape index (κ2) is 2.54. The van der Waals surface area contributed by atoms with Gasteiger partial charge in [0.2, 0.25) is 0 Å². The van der Waals surface area contributed by atoms with E-state index in [0.717, 1.165) is 6.42 Å². The number of hydrogen-bond donors (Lipinski definition) is 0. The Labute approximate surface area is 67.6 Å². The van der Waals surface area contributed by atoms with Crippen LogP contribution in [0.2, 0.25) is 0 Å². The molecule has 2 rings (SSSR count). The van der Waals surface area contributed by atoms with E-state index in [1.165, 1.54) is 16.7 Å². The van der Waals surface area contributed by atoms with E-state index in [1.54, 1.807) is 0 Å². The molecule has 0 amide bonds. The summed E-state index contributed by atoms with van der Waals surface area (Å²) in [5.74, 6) is 0. The molecule has 0 fully saturated rings. The first-order chi connectivity index (χ1) is 5.38. The summed E-state index contributed by atoms with van der Waals surface area (Å²) in [6.45, 7) is 2.17. The lowest BCUT2D eigenvalue weighted by atomic mass is 9.93. The Morgan fingerprint density at radius 1 is 1.27 bits per heavy atom. The summed E-state index contributed by atoms with van der Waals surface area (Å²) >= 11 is 0. The molecule has 0 aromatic heterocycles. The highest BCUT2D eigenvalue weighted by Crippen LogP contribution is 2.20. The van der Waals surface area contributed by atoms with Gasteiger partial charge in [0.1, 0.15) is 0 Å². The van der Waals surface area contributed by atoms with Crippen molar-refractivity contribution < 1.29 is 0 Å². The monoisotopic (exact) mass is 143 g/mol. The standard InChI is InChI=1S/C11H11/c1-9-5-4-7-10-6-2-3-8-11(9)10/h2-7H,8H2,1H3. The topological polar surface area (TPSA) is 0 Å². The van der Waals surface area contributed by atoms with Crippen LogP contribution in [-0.4, -0.2) is 0 Å². The molecule has 0 saturated carbocycles. The molecule has 0 unspecified atom stereocenters. The fourth-order valence-electron chi connectivity index (χ4n) is 1.52. The minimum Gasteiger partial charge on any atom is -0.0835 e. The number of rotatable bonds is 0. The molecular weight excluding hydrogens is 132 g/mol. The molecule has 1 aromatic rings. The number of benzene rings is 1.